The maximum atomic E-state index is 14.0. The molecule has 2 saturated heterocycles. The number of piperidine rings is 1. The van der Waals surface area contributed by atoms with Crippen molar-refractivity contribution in [2.75, 3.05) is 6.54 Å². The molecule has 8 heteroatoms. The number of nitrogens with zero attached hydrogens (tertiary/aromatic N) is 1. The molecule has 27 heavy (non-hydrogen) atoms. The first-order chi connectivity index (χ1) is 13.0. The summed E-state index contributed by atoms with van der Waals surface area (Å²) >= 11 is 7.56. The molecule has 5 nitrogen and oxygen atoms in total. The normalized spacial score (nSPS) is 22.7. The van der Waals surface area contributed by atoms with Gasteiger partial charge in [0.15, 0.2) is 6.23 Å². The first-order valence-electron chi connectivity index (χ1n) is 8.42. The minimum atomic E-state index is -1.01. The van der Waals surface area contributed by atoms with Crippen LogP contribution in [-0.2, 0) is 19.2 Å². The third kappa shape index (κ3) is 3.95. The Bertz CT molecular complexity index is 909. The van der Waals surface area contributed by atoms with Crippen LogP contribution in [0, 0.1) is 5.82 Å². The summed E-state index contributed by atoms with van der Waals surface area (Å²) in [7, 11) is 0. The summed E-state index contributed by atoms with van der Waals surface area (Å²) in [6.45, 7) is 0.409. The van der Waals surface area contributed by atoms with Crippen LogP contribution in [0.3, 0.4) is 0 Å². The van der Waals surface area contributed by atoms with Gasteiger partial charge in [0.1, 0.15) is 5.82 Å². The fraction of sp³-hybridized carbons (Fsp3) is 0.263. The predicted octanol–water partition coefficient (Wildman–Crippen LogP) is 4.15. The summed E-state index contributed by atoms with van der Waals surface area (Å²) < 4.78 is 19.1. The first kappa shape index (κ1) is 18.3. The molecule has 2 heterocycles. The summed E-state index contributed by atoms with van der Waals surface area (Å²) in [5.41, 5.74) is 0.840. The molecule has 0 aliphatic carbocycles. The van der Waals surface area contributed by atoms with Gasteiger partial charge in [0, 0.05) is 27.8 Å². The van der Waals surface area contributed by atoms with Crippen molar-refractivity contribution >= 4 is 35.3 Å². The SMILES string of the molecule is O=C1OC2CC(c3cc(F)ccc3Sc3cccc(Cl)c3)CCN2OC1=O. The number of hydroxylamine groups is 2. The van der Waals surface area contributed by atoms with Crippen LogP contribution in [0.2, 0.25) is 5.02 Å². The highest BCUT2D eigenvalue weighted by Gasteiger charge is 2.41. The molecule has 0 spiro atoms. The molecule has 0 aromatic heterocycles. The van der Waals surface area contributed by atoms with Crippen LogP contribution in [0.5, 0.6) is 0 Å². The van der Waals surface area contributed by atoms with E-state index in [2.05, 4.69) is 0 Å². The number of esters is 1. The molecule has 2 aliphatic heterocycles. The van der Waals surface area contributed by atoms with E-state index in [4.69, 9.17) is 21.2 Å². The second-order valence-electron chi connectivity index (χ2n) is 6.34. The van der Waals surface area contributed by atoms with Gasteiger partial charge in [0.25, 0.3) is 0 Å². The number of hydrogen-bond donors (Lipinski definition) is 0. The van der Waals surface area contributed by atoms with Crippen LogP contribution in [-0.4, -0.2) is 29.8 Å². The molecular formula is C19H15ClFNO4S. The van der Waals surface area contributed by atoms with Crippen LogP contribution < -0.4 is 0 Å². The van der Waals surface area contributed by atoms with Crippen molar-refractivity contribution in [1.82, 2.24) is 5.06 Å². The Morgan fingerprint density at radius 1 is 1.15 bits per heavy atom. The fourth-order valence-corrected chi connectivity index (χ4v) is 4.62. The van der Waals surface area contributed by atoms with Gasteiger partial charge in [0.05, 0.1) is 0 Å². The van der Waals surface area contributed by atoms with Crippen molar-refractivity contribution in [3.63, 3.8) is 0 Å². The van der Waals surface area contributed by atoms with Gasteiger partial charge in [-0.15, -0.1) is 0 Å². The molecule has 2 aromatic carbocycles. The molecule has 4 rings (SSSR count). The van der Waals surface area contributed by atoms with Crippen LogP contribution >= 0.6 is 23.4 Å². The maximum Gasteiger partial charge on any atom is 0.436 e. The van der Waals surface area contributed by atoms with Crippen molar-refractivity contribution in [2.24, 2.45) is 0 Å². The summed E-state index contributed by atoms with van der Waals surface area (Å²) in [5, 5.41) is 2.01. The number of benzene rings is 2. The molecule has 2 aromatic rings. The monoisotopic (exact) mass is 407 g/mol. The standard InChI is InChI=1S/C19H15ClFNO4S/c20-12-2-1-3-14(9-12)27-16-5-4-13(21)10-15(16)11-6-7-22-17(8-11)25-18(23)19(24)26-22/h1-5,9-11,17H,6-8H2. The molecule has 0 N–H and O–H groups in total. The molecule has 2 aliphatic rings. The minimum absolute atomic E-state index is 0.0340. The van der Waals surface area contributed by atoms with E-state index >= 15 is 0 Å². The Morgan fingerprint density at radius 2 is 2.00 bits per heavy atom. The number of carbonyl (C=O) groups excluding carboxylic acids is 2. The summed E-state index contributed by atoms with van der Waals surface area (Å²) in [6, 6.07) is 12.1. The van der Waals surface area contributed by atoms with E-state index in [0.29, 0.717) is 24.4 Å². The number of fused-ring (bicyclic) bond motifs is 1. The van der Waals surface area contributed by atoms with Gasteiger partial charge < -0.3 is 9.57 Å². The van der Waals surface area contributed by atoms with Gasteiger partial charge in [-0.3, -0.25) is 0 Å². The van der Waals surface area contributed by atoms with E-state index in [0.717, 1.165) is 15.4 Å². The van der Waals surface area contributed by atoms with E-state index in [1.807, 2.05) is 18.2 Å². The number of rotatable bonds is 3. The first-order valence-corrected chi connectivity index (χ1v) is 9.61. The van der Waals surface area contributed by atoms with Crippen LogP contribution in [0.1, 0.15) is 24.3 Å². The van der Waals surface area contributed by atoms with Crippen LogP contribution in [0.15, 0.2) is 52.3 Å². The third-order valence-corrected chi connectivity index (χ3v) is 5.87. The van der Waals surface area contributed by atoms with Gasteiger partial charge in [-0.1, -0.05) is 34.5 Å². The van der Waals surface area contributed by atoms with Crippen molar-refractivity contribution in [2.45, 2.75) is 34.8 Å². The largest absolute Gasteiger partial charge is 0.436 e. The van der Waals surface area contributed by atoms with Crippen molar-refractivity contribution in [3.05, 3.63) is 58.9 Å². The lowest BCUT2D eigenvalue weighted by molar-refractivity contribution is -0.275. The topological polar surface area (TPSA) is 55.8 Å². The van der Waals surface area contributed by atoms with Gasteiger partial charge in [-0.05, 0) is 54.3 Å². The average Bonchev–Trinajstić information content (AvgIpc) is 2.64. The zero-order valence-corrected chi connectivity index (χ0v) is 15.6. The summed E-state index contributed by atoms with van der Waals surface area (Å²) in [4.78, 5) is 29.7. The average molecular weight is 408 g/mol. The van der Waals surface area contributed by atoms with E-state index in [1.165, 1.54) is 29.0 Å². The van der Waals surface area contributed by atoms with Crippen LogP contribution in [0.4, 0.5) is 4.39 Å². The second-order valence-corrected chi connectivity index (χ2v) is 7.89. The molecule has 0 radical (unpaired) electrons. The fourth-order valence-electron chi connectivity index (χ4n) is 3.30. The lowest BCUT2D eigenvalue weighted by Crippen LogP contribution is -2.51. The zero-order valence-electron chi connectivity index (χ0n) is 14.1. The molecule has 2 fully saturated rings. The Hall–Kier alpha value is -2.09. The molecule has 140 valence electrons. The Labute approximate surface area is 164 Å². The highest BCUT2D eigenvalue weighted by molar-refractivity contribution is 7.99. The second kappa shape index (κ2) is 7.50. The van der Waals surface area contributed by atoms with Gasteiger partial charge in [-0.2, -0.15) is 0 Å². The maximum absolute atomic E-state index is 14.0. The van der Waals surface area contributed by atoms with Gasteiger partial charge in [0.2, 0.25) is 0 Å². The Balaban J connectivity index is 1.59. The molecule has 2 unspecified atom stereocenters. The quantitative estimate of drug-likeness (QED) is 0.562. The molecule has 0 bridgehead atoms. The Kier molecular flexibility index (Phi) is 5.08. The lowest BCUT2D eigenvalue weighted by Gasteiger charge is -2.39. The number of hydrogen-bond acceptors (Lipinski definition) is 6. The number of carbonyl (C=O) groups is 2. The van der Waals surface area contributed by atoms with E-state index in [9.17, 15) is 14.0 Å². The highest BCUT2D eigenvalue weighted by atomic mass is 35.5. The molecular weight excluding hydrogens is 393 g/mol. The number of halogens is 2. The lowest BCUT2D eigenvalue weighted by atomic mass is 9.89. The van der Waals surface area contributed by atoms with Gasteiger partial charge >= 0.3 is 11.9 Å². The molecule has 2 atom stereocenters. The van der Waals surface area contributed by atoms with E-state index < -0.39 is 18.2 Å². The summed E-state index contributed by atoms with van der Waals surface area (Å²) in [6.07, 6.45) is 0.417. The zero-order chi connectivity index (χ0) is 19.0. The van der Waals surface area contributed by atoms with Crippen LogP contribution in [0.25, 0.3) is 0 Å². The number of ether oxygens (including phenoxy) is 1. The van der Waals surface area contributed by atoms with Crippen molar-refractivity contribution < 1.29 is 23.6 Å². The minimum Gasteiger partial charge on any atom is -0.435 e. The Morgan fingerprint density at radius 3 is 2.81 bits per heavy atom. The third-order valence-electron chi connectivity index (χ3n) is 4.55. The van der Waals surface area contributed by atoms with Crippen molar-refractivity contribution in [3.8, 4) is 0 Å². The summed E-state index contributed by atoms with van der Waals surface area (Å²) in [5.74, 6) is -2.36. The molecule has 0 saturated carbocycles. The molecule has 0 amide bonds. The van der Waals surface area contributed by atoms with Crippen molar-refractivity contribution in [1.29, 1.82) is 0 Å². The van der Waals surface area contributed by atoms with E-state index in [1.54, 1.807) is 12.1 Å². The highest BCUT2D eigenvalue weighted by Crippen LogP contribution is 2.41. The van der Waals surface area contributed by atoms with Gasteiger partial charge in [-0.25, -0.2) is 14.0 Å². The smallest absolute Gasteiger partial charge is 0.435 e. The van der Waals surface area contributed by atoms with E-state index in [-0.39, 0.29) is 11.7 Å². The predicted molar refractivity (Wildman–Crippen MR) is 96.6 cm³/mol.